The zero-order valence-electron chi connectivity index (χ0n) is 13.2. The van der Waals surface area contributed by atoms with Gasteiger partial charge in [-0.1, -0.05) is 11.6 Å². The first kappa shape index (κ1) is 18.3. The predicted molar refractivity (Wildman–Crippen MR) is 99.0 cm³/mol. The highest BCUT2D eigenvalue weighted by Crippen LogP contribution is 2.32. The van der Waals surface area contributed by atoms with Crippen LogP contribution in [-0.2, 0) is 9.53 Å². The molecule has 2 rings (SSSR count). The minimum atomic E-state index is -0.447. The molecule has 0 spiro atoms. The summed E-state index contributed by atoms with van der Waals surface area (Å²) in [6.07, 6.45) is 0. The highest BCUT2D eigenvalue weighted by Gasteiger charge is 2.06. The number of carbonyl (C=O) groups excluding carboxylic acids is 1. The van der Waals surface area contributed by atoms with Gasteiger partial charge in [-0.05, 0) is 72.2 Å². The summed E-state index contributed by atoms with van der Waals surface area (Å²) in [6.45, 7) is 3.65. The normalized spacial score (nSPS) is 11.1. The fourth-order valence-electron chi connectivity index (χ4n) is 1.71. The van der Waals surface area contributed by atoms with Crippen LogP contribution in [0.15, 0.2) is 52.0 Å². The Balaban J connectivity index is 2.00. The number of hydrogen-bond donors (Lipinski definition) is 1. The summed E-state index contributed by atoms with van der Waals surface area (Å²) in [4.78, 5) is 11.5. The van der Waals surface area contributed by atoms with E-state index in [0.29, 0.717) is 23.1 Å². The lowest BCUT2D eigenvalue weighted by molar-refractivity contribution is -0.135. The number of rotatable bonds is 6. The number of esters is 1. The average Bonchev–Trinajstić information content (AvgIpc) is 2.56. The summed E-state index contributed by atoms with van der Waals surface area (Å²) < 4.78 is 11.4. The zero-order valence-corrected chi connectivity index (χ0v) is 15.5. The second-order valence-corrected chi connectivity index (χ2v) is 6.02. The third-order valence-electron chi connectivity index (χ3n) is 2.90. The van der Waals surface area contributed by atoms with E-state index in [1.54, 1.807) is 56.3 Å². The van der Waals surface area contributed by atoms with Crippen molar-refractivity contribution < 1.29 is 14.3 Å². The van der Waals surface area contributed by atoms with Crippen molar-refractivity contribution in [3.05, 3.63) is 52.0 Å². The Morgan fingerprint density at radius 1 is 1.25 bits per heavy atom. The minimum Gasteiger partial charge on any atom is -0.461 e. The monoisotopic (exact) mass is 410 g/mol. The van der Waals surface area contributed by atoms with E-state index in [1.807, 2.05) is 0 Å². The Labute approximate surface area is 153 Å². The summed E-state index contributed by atoms with van der Waals surface area (Å²) in [6, 6.07) is 12.5. The lowest BCUT2D eigenvalue weighted by Gasteiger charge is -2.09. The minimum absolute atomic E-state index is 0.252. The molecule has 0 aliphatic heterocycles. The number of hydrazone groups is 1. The van der Waals surface area contributed by atoms with Gasteiger partial charge in [0.1, 0.15) is 17.2 Å². The third-order valence-corrected chi connectivity index (χ3v) is 3.75. The Kier molecular flexibility index (Phi) is 6.63. The standard InChI is InChI=1S/C17H16BrClN2O3/c1-3-23-17(22)11(2)20-21-13-5-7-14(8-6-13)24-16-9-4-12(19)10-15(16)18/h4-10,21H,3H2,1-2H3. The second kappa shape index (κ2) is 8.70. The summed E-state index contributed by atoms with van der Waals surface area (Å²) >= 11 is 9.31. The van der Waals surface area contributed by atoms with Crippen molar-refractivity contribution in [1.82, 2.24) is 0 Å². The average molecular weight is 412 g/mol. The van der Waals surface area contributed by atoms with E-state index in [1.165, 1.54) is 0 Å². The Hall–Kier alpha value is -2.05. The molecule has 24 heavy (non-hydrogen) atoms. The maximum absolute atomic E-state index is 11.5. The van der Waals surface area contributed by atoms with Gasteiger partial charge >= 0.3 is 5.97 Å². The first-order chi connectivity index (χ1) is 11.5. The molecule has 2 aromatic rings. The van der Waals surface area contributed by atoms with Crippen LogP contribution >= 0.6 is 27.5 Å². The molecule has 1 N–H and O–H groups in total. The molecule has 0 aliphatic carbocycles. The topological polar surface area (TPSA) is 59.9 Å². The molecule has 0 aliphatic rings. The maximum Gasteiger partial charge on any atom is 0.354 e. The van der Waals surface area contributed by atoms with Crippen LogP contribution < -0.4 is 10.2 Å². The molecule has 0 bridgehead atoms. The number of nitrogens with one attached hydrogen (secondary N) is 1. The number of ether oxygens (including phenoxy) is 2. The fourth-order valence-corrected chi connectivity index (χ4v) is 2.48. The molecule has 0 amide bonds. The van der Waals surface area contributed by atoms with E-state index in [0.717, 1.165) is 10.2 Å². The largest absolute Gasteiger partial charge is 0.461 e. The smallest absolute Gasteiger partial charge is 0.354 e. The van der Waals surface area contributed by atoms with Crippen molar-refractivity contribution >= 4 is 44.9 Å². The van der Waals surface area contributed by atoms with E-state index >= 15 is 0 Å². The van der Waals surface area contributed by atoms with Gasteiger partial charge in [-0.3, -0.25) is 5.43 Å². The molecule has 7 heteroatoms. The molecule has 126 valence electrons. The van der Waals surface area contributed by atoms with Crippen molar-refractivity contribution in [3.63, 3.8) is 0 Å². The van der Waals surface area contributed by atoms with Crippen LogP contribution in [0.2, 0.25) is 5.02 Å². The molecule has 0 radical (unpaired) electrons. The van der Waals surface area contributed by atoms with Crippen LogP contribution in [0.25, 0.3) is 0 Å². The zero-order chi connectivity index (χ0) is 17.5. The maximum atomic E-state index is 11.5. The molecule has 0 aromatic heterocycles. The van der Waals surface area contributed by atoms with E-state index in [-0.39, 0.29) is 5.71 Å². The number of carbonyl (C=O) groups is 1. The third kappa shape index (κ3) is 5.25. The van der Waals surface area contributed by atoms with Gasteiger partial charge in [-0.15, -0.1) is 0 Å². The van der Waals surface area contributed by atoms with Crippen molar-refractivity contribution in [3.8, 4) is 11.5 Å². The Morgan fingerprint density at radius 2 is 1.96 bits per heavy atom. The quantitative estimate of drug-likeness (QED) is 0.401. The summed E-state index contributed by atoms with van der Waals surface area (Å²) in [5, 5.41) is 4.61. The molecule has 0 saturated carbocycles. The van der Waals surface area contributed by atoms with E-state index < -0.39 is 5.97 Å². The van der Waals surface area contributed by atoms with Gasteiger partial charge in [0.05, 0.1) is 16.8 Å². The van der Waals surface area contributed by atoms with Gasteiger partial charge in [0, 0.05) is 5.02 Å². The van der Waals surface area contributed by atoms with Crippen molar-refractivity contribution in [2.24, 2.45) is 5.10 Å². The first-order valence-electron chi connectivity index (χ1n) is 7.20. The van der Waals surface area contributed by atoms with Crippen molar-refractivity contribution in [1.29, 1.82) is 0 Å². The number of nitrogens with zero attached hydrogens (tertiary/aromatic N) is 1. The molecule has 0 unspecified atom stereocenters. The summed E-state index contributed by atoms with van der Waals surface area (Å²) in [5.74, 6) is 0.878. The summed E-state index contributed by atoms with van der Waals surface area (Å²) in [5.41, 5.74) is 3.77. The van der Waals surface area contributed by atoms with Gasteiger partial charge in [-0.2, -0.15) is 5.10 Å². The number of halogens is 2. The van der Waals surface area contributed by atoms with Crippen molar-refractivity contribution in [2.75, 3.05) is 12.0 Å². The number of hydrogen-bond acceptors (Lipinski definition) is 5. The van der Waals surface area contributed by atoms with Gasteiger partial charge in [0.2, 0.25) is 0 Å². The van der Waals surface area contributed by atoms with Crippen LogP contribution in [0.5, 0.6) is 11.5 Å². The molecule has 0 saturated heterocycles. The molecule has 0 fully saturated rings. The SMILES string of the molecule is CCOC(=O)C(C)=NNc1ccc(Oc2ccc(Cl)cc2Br)cc1. The molecule has 0 heterocycles. The number of anilines is 1. The van der Waals surface area contributed by atoms with Crippen LogP contribution in [0.4, 0.5) is 5.69 Å². The van der Waals surface area contributed by atoms with Gasteiger partial charge in [-0.25, -0.2) is 4.79 Å². The highest BCUT2D eigenvalue weighted by atomic mass is 79.9. The Morgan fingerprint density at radius 3 is 2.58 bits per heavy atom. The second-order valence-electron chi connectivity index (χ2n) is 4.73. The first-order valence-corrected chi connectivity index (χ1v) is 8.37. The number of benzene rings is 2. The van der Waals surface area contributed by atoms with E-state index in [9.17, 15) is 4.79 Å². The van der Waals surface area contributed by atoms with Gasteiger partial charge in [0.25, 0.3) is 0 Å². The highest BCUT2D eigenvalue weighted by molar-refractivity contribution is 9.10. The molecule has 2 aromatic carbocycles. The molecular weight excluding hydrogens is 396 g/mol. The van der Waals surface area contributed by atoms with Crippen LogP contribution in [0, 0.1) is 0 Å². The molecule has 0 atom stereocenters. The van der Waals surface area contributed by atoms with E-state index in [2.05, 4.69) is 26.5 Å². The van der Waals surface area contributed by atoms with Gasteiger partial charge < -0.3 is 9.47 Å². The lowest BCUT2D eigenvalue weighted by atomic mass is 10.3. The van der Waals surface area contributed by atoms with E-state index in [4.69, 9.17) is 21.1 Å². The fraction of sp³-hybridized carbons (Fsp3) is 0.176. The van der Waals surface area contributed by atoms with Gasteiger partial charge in [0.15, 0.2) is 0 Å². The predicted octanol–water partition coefficient (Wildman–Crippen LogP) is 5.25. The Bertz CT molecular complexity index is 748. The lowest BCUT2D eigenvalue weighted by Crippen LogP contribution is -2.15. The van der Waals surface area contributed by atoms with Crippen molar-refractivity contribution in [2.45, 2.75) is 13.8 Å². The van der Waals surface area contributed by atoms with Crippen LogP contribution in [0.1, 0.15) is 13.8 Å². The van der Waals surface area contributed by atoms with Crippen LogP contribution in [0.3, 0.4) is 0 Å². The van der Waals surface area contributed by atoms with Crippen LogP contribution in [-0.4, -0.2) is 18.3 Å². The molecular formula is C17H16BrClN2O3. The summed E-state index contributed by atoms with van der Waals surface area (Å²) in [7, 11) is 0. The molecule has 5 nitrogen and oxygen atoms in total.